The third-order valence-electron chi connectivity index (χ3n) is 3.97. The minimum Gasteiger partial charge on any atom is -0.450 e. The van der Waals surface area contributed by atoms with Crippen molar-refractivity contribution in [2.24, 2.45) is 0 Å². The Kier molecular flexibility index (Phi) is 5.90. The molecule has 8 nitrogen and oxygen atoms in total. The number of hydrogen-bond acceptors (Lipinski definition) is 5. The molecular formula is C19H18F2N6O2. The molecule has 2 aromatic heterocycles. The Bertz CT molecular complexity index is 1070. The summed E-state index contributed by atoms with van der Waals surface area (Å²) >= 11 is 0. The van der Waals surface area contributed by atoms with Crippen LogP contribution in [0.2, 0.25) is 0 Å². The van der Waals surface area contributed by atoms with Crippen molar-refractivity contribution < 1.29 is 18.3 Å². The second kappa shape index (κ2) is 8.53. The molecule has 0 atom stereocenters. The molecule has 0 aliphatic carbocycles. The molecule has 0 saturated carbocycles. The number of likely N-dealkylation sites (N-methyl/N-ethyl adjacent to an activating group) is 1. The first-order chi connectivity index (χ1) is 13.9. The van der Waals surface area contributed by atoms with E-state index in [0.717, 1.165) is 12.1 Å². The number of ether oxygens (including phenoxy) is 1. The van der Waals surface area contributed by atoms with Gasteiger partial charge >= 0.3 is 6.03 Å². The predicted octanol–water partition coefficient (Wildman–Crippen LogP) is 3.19. The summed E-state index contributed by atoms with van der Waals surface area (Å²) in [5, 5.41) is 14.4. The molecule has 2 amide bonds. The number of carbonyl (C=O) groups is 1. The first-order valence-corrected chi connectivity index (χ1v) is 8.61. The fourth-order valence-corrected chi connectivity index (χ4v) is 2.61. The SMILES string of the molecule is CN(C)CCNC(=O)Nc1cc(F)c(Oc2ccnc3[nH]cc(C#N)c23)c(F)c1. The second-order valence-corrected chi connectivity index (χ2v) is 6.40. The van der Waals surface area contributed by atoms with Crippen molar-refractivity contribution in [1.82, 2.24) is 20.2 Å². The number of pyridine rings is 1. The van der Waals surface area contributed by atoms with Gasteiger partial charge < -0.3 is 25.3 Å². The van der Waals surface area contributed by atoms with Crippen LogP contribution in [0.5, 0.6) is 11.5 Å². The van der Waals surface area contributed by atoms with Gasteiger partial charge in [0.25, 0.3) is 0 Å². The number of H-pyrrole nitrogens is 1. The number of rotatable bonds is 6. The molecule has 0 radical (unpaired) electrons. The maximum atomic E-state index is 14.5. The molecule has 1 aromatic carbocycles. The van der Waals surface area contributed by atoms with Crippen LogP contribution in [0.1, 0.15) is 5.56 Å². The van der Waals surface area contributed by atoms with Gasteiger partial charge in [0.2, 0.25) is 0 Å². The molecule has 3 N–H and O–H groups in total. The van der Waals surface area contributed by atoms with Gasteiger partial charge in [0.1, 0.15) is 17.5 Å². The van der Waals surface area contributed by atoms with Crippen LogP contribution < -0.4 is 15.4 Å². The number of carbonyl (C=O) groups excluding carboxylic acids is 1. The van der Waals surface area contributed by atoms with E-state index in [9.17, 15) is 18.8 Å². The van der Waals surface area contributed by atoms with E-state index in [4.69, 9.17) is 4.74 Å². The van der Waals surface area contributed by atoms with Crippen LogP contribution in [0, 0.1) is 23.0 Å². The summed E-state index contributed by atoms with van der Waals surface area (Å²) in [7, 11) is 3.71. The molecule has 0 aliphatic rings. The van der Waals surface area contributed by atoms with Crippen LogP contribution >= 0.6 is 0 Å². The first-order valence-electron chi connectivity index (χ1n) is 8.61. The molecule has 29 heavy (non-hydrogen) atoms. The summed E-state index contributed by atoms with van der Waals surface area (Å²) in [6, 6.07) is 4.68. The molecule has 0 unspecified atom stereocenters. The van der Waals surface area contributed by atoms with Crippen molar-refractivity contribution in [2.75, 3.05) is 32.5 Å². The topological polar surface area (TPSA) is 106 Å². The van der Waals surface area contributed by atoms with Gasteiger partial charge in [-0.3, -0.25) is 0 Å². The first kappa shape index (κ1) is 20.0. The highest BCUT2D eigenvalue weighted by Gasteiger charge is 2.18. The van der Waals surface area contributed by atoms with E-state index in [-0.39, 0.29) is 17.0 Å². The molecule has 150 valence electrons. The quantitative estimate of drug-likeness (QED) is 0.589. The zero-order chi connectivity index (χ0) is 21.0. The number of nitriles is 1. The Labute approximate surface area is 165 Å². The molecule has 0 bridgehead atoms. The van der Waals surface area contributed by atoms with Gasteiger partial charge in [-0.2, -0.15) is 5.26 Å². The van der Waals surface area contributed by atoms with Crippen LogP contribution in [0.3, 0.4) is 0 Å². The van der Waals surface area contributed by atoms with Gasteiger partial charge in [0.15, 0.2) is 17.4 Å². The van der Waals surface area contributed by atoms with Crippen molar-refractivity contribution in [3.05, 3.63) is 47.8 Å². The van der Waals surface area contributed by atoms with Crippen LogP contribution in [-0.2, 0) is 0 Å². The lowest BCUT2D eigenvalue weighted by Crippen LogP contribution is -2.34. The fraction of sp³-hybridized carbons (Fsp3) is 0.211. The van der Waals surface area contributed by atoms with Crippen molar-refractivity contribution in [2.45, 2.75) is 0 Å². The molecule has 0 saturated heterocycles. The zero-order valence-corrected chi connectivity index (χ0v) is 15.7. The van der Waals surface area contributed by atoms with E-state index < -0.39 is 23.4 Å². The number of urea groups is 1. The Morgan fingerprint density at radius 2 is 2.07 bits per heavy atom. The van der Waals surface area contributed by atoms with Gasteiger partial charge in [-0.25, -0.2) is 18.6 Å². The summed E-state index contributed by atoms with van der Waals surface area (Å²) in [6.45, 7) is 0.994. The number of anilines is 1. The van der Waals surface area contributed by atoms with E-state index in [2.05, 4.69) is 20.6 Å². The molecule has 2 heterocycles. The van der Waals surface area contributed by atoms with Gasteiger partial charge in [-0.05, 0) is 20.2 Å². The van der Waals surface area contributed by atoms with E-state index in [1.54, 1.807) is 0 Å². The highest BCUT2D eigenvalue weighted by Crippen LogP contribution is 2.34. The summed E-state index contributed by atoms with van der Waals surface area (Å²) in [6.07, 6.45) is 2.82. The number of halogens is 2. The van der Waals surface area contributed by atoms with Crippen molar-refractivity contribution in [3.63, 3.8) is 0 Å². The maximum Gasteiger partial charge on any atom is 0.319 e. The number of benzene rings is 1. The Morgan fingerprint density at radius 3 is 2.72 bits per heavy atom. The highest BCUT2D eigenvalue weighted by molar-refractivity contribution is 5.90. The van der Waals surface area contributed by atoms with Gasteiger partial charge in [-0.1, -0.05) is 0 Å². The summed E-state index contributed by atoms with van der Waals surface area (Å²) in [5.74, 6) is -2.59. The lowest BCUT2D eigenvalue weighted by Gasteiger charge is -2.13. The third kappa shape index (κ3) is 4.59. The highest BCUT2D eigenvalue weighted by atomic mass is 19.1. The average molecular weight is 400 g/mol. The Balaban J connectivity index is 1.80. The molecule has 0 aliphatic heterocycles. The Morgan fingerprint density at radius 1 is 1.34 bits per heavy atom. The smallest absolute Gasteiger partial charge is 0.319 e. The summed E-state index contributed by atoms with van der Waals surface area (Å²) in [4.78, 5) is 20.5. The van der Waals surface area contributed by atoms with Crippen molar-refractivity contribution >= 4 is 22.8 Å². The van der Waals surface area contributed by atoms with Gasteiger partial charge in [0, 0.05) is 43.3 Å². The van der Waals surface area contributed by atoms with Gasteiger partial charge in [0.05, 0.1) is 10.9 Å². The predicted molar refractivity (Wildman–Crippen MR) is 103 cm³/mol. The molecule has 0 spiro atoms. The van der Waals surface area contributed by atoms with Crippen LogP contribution in [-0.4, -0.2) is 48.1 Å². The lowest BCUT2D eigenvalue weighted by atomic mass is 10.2. The fourth-order valence-electron chi connectivity index (χ4n) is 2.61. The third-order valence-corrected chi connectivity index (χ3v) is 3.97. The molecule has 0 fully saturated rings. The van der Waals surface area contributed by atoms with E-state index in [1.165, 1.54) is 18.5 Å². The molecule has 3 aromatic rings. The van der Waals surface area contributed by atoms with Crippen molar-refractivity contribution in [3.8, 4) is 17.6 Å². The number of aromatic nitrogens is 2. The minimum atomic E-state index is -1.01. The Hall–Kier alpha value is -3.71. The zero-order valence-electron chi connectivity index (χ0n) is 15.7. The van der Waals surface area contributed by atoms with E-state index in [1.807, 2.05) is 25.1 Å². The van der Waals surface area contributed by atoms with Crippen LogP contribution in [0.4, 0.5) is 19.3 Å². The summed E-state index contributed by atoms with van der Waals surface area (Å²) in [5.41, 5.74) is 0.526. The van der Waals surface area contributed by atoms with Crippen LogP contribution in [0.15, 0.2) is 30.6 Å². The number of hydrogen-bond donors (Lipinski definition) is 3. The number of nitrogens with one attached hydrogen (secondary N) is 3. The number of aromatic amines is 1. The lowest BCUT2D eigenvalue weighted by molar-refractivity contribution is 0.250. The largest absolute Gasteiger partial charge is 0.450 e. The van der Waals surface area contributed by atoms with Crippen molar-refractivity contribution in [1.29, 1.82) is 5.26 Å². The van der Waals surface area contributed by atoms with Gasteiger partial charge in [-0.15, -0.1) is 0 Å². The normalized spacial score (nSPS) is 10.8. The number of fused-ring (bicyclic) bond motifs is 1. The summed E-state index contributed by atoms with van der Waals surface area (Å²) < 4.78 is 34.4. The maximum absolute atomic E-state index is 14.5. The monoisotopic (exact) mass is 400 g/mol. The molecule has 10 heteroatoms. The number of amides is 2. The number of nitrogens with zero attached hydrogens (tertiary/aromatic N) is 3. The van der Waals surface area contributed by atoms with E-state index in [0.29, 0.717) is 24.1 Å². The van der Waals surface area contributed by atoms with E-state index >= 15 is 0 Å². The minimum absolute atomic E-state index is 0.0612. The average Bonchev–Trinajstić information content (AvgIpc) is 3.08. The van der Waals surface area contributed by atoms with Crippen LogP contribution in [0.25, 0.3) is 11.0 Å². The molecule has 3 rings (SSSR count). The second-order valence-electron chi connectivity index (χ2n) is 6.40. The standard InChI is InChI=1S/C19H18F2N6O2/c1-27(2)6-5-24-19(28)26-12-7-13(20)17(14(21)8-12)29-15-3-4-23-18-16(15)11(9-22)10-25-18/h3-4,7-8,10H,5-6H2,1-2H3,(H,23,25)(H2,24,26,28). The molecular weight excluding hydrogens is 382 g/mol.